The van der Waals surface area contributed by atoms with Crippen molar-refractivity contribution in [3.05, 3.63) is 34.4 Å². The van der Waals surface area contributed by atoms with Gasteiger partial charge in [-0.3, -0.25) is 10.1 Å². The molecule has 0 saturated heterocycles. The molecule has 1 saturated carbocycles. The second kappa shape index (κ2) is 6.49. The van der Waals surface area contributed by atoms with Gasteiger partial charge in [0.1, 0.15) is 0 Å². The van der Waals surface area contributed by atoms with Crippen LogP contribution in [0.2, 0.25) is 0 Å². The highest BCUT2D eigenvalue weighted by molar-refractivity contribution is 7.89. The number of nitrogens with zero attached hydrogens (tertiary/aromatic N) is 1. The molecule has 0 aliphatic heterocycles. The molecule has 20 heavy (non-hydrogen) atoms. The normalized spacial score (nSPS) is 16.2. The van der Waals surface area contributed by atoms with Crippen LogP contribution in [-0.4, -0.2) is 25.9 Å². The third-order valence-electron chi connectivity index (χ3n) is 3.09. The first kappa shape index (κ1) is 16.8. The van der Waals surface area contributed by atoms with E-state index in [1.165, 1.54) is 18.2 Å². The number of sulfonamides is 1. The third kappa shape index (κ3) is 3.89. The van der Waals surface area contributed by atoms with E-state index < -0.39 is 20.6 Å². The Morgan fingerprint density at radius 2 is 2.00 bits per heavy atom. The lowest BCUT2D eigenvalue weighted by molar-refractivity contribution is -0.387. The molecule has 0 bridgehead atoms. The van der Waals surface area contributed by atoms with Crippen LogP contribution < -0.4 is 10.5 Å². The second-order valence-corrected chi connectivity index (χ2v) is 6.31. The Kier molecular flexibility index (Phi) is 5.46. The molecule has 1 aromatic rings. The number of hydrogen-bond acceptors (Lipinski definition) is 5. The summed E-state index contributed by atoms with van der Waals surface area (Å²) in [6.07, 6.45) is 2.02. The van der Waals surface area contributed by atoms with Crippen LogP contribution >= 0.6 is 12.4 Å². The minimum absolute atomic E-state index is 0. The molecule has 0 spiro atoms. The van der Waals surface area contributed by atoms with Crippen molar-refractivity contribution in [1.82, 2.24) is 4.72 Å². The zero-order valence-corrected chi connectivity index (χ0v) is 12.2. The highest BCUT2D eigenvalue weighted by Crippen LogP contribution is 2.31. The second-order valence-electron chi connectivity index (χ2n) is 4.58. The Bertz CT molecular complexity index is 589. The van der Waals surface area contributed by atoms with E-state index in [2.05, 4.69) is 4.72 Å². The zero-order valence-electron chi connectivity index (χ0n) is 10.6. The molecule has 0 amide bonds. The number of benzene rings is 1. The van der Waals surface area contributed by atoms with Crippen molar-refractivity contribution in [2.75, 3.05) is 6.54 Å². The number of rotatable bonds is 6. The average molecular weight is 322 g/mol. The van der Waals surface area contributed by atoms with Crippen LogP contribution in [0.15, 0.2) is 29.2 Å². The monoisotopic (exact) mass is 321 g/mol. The van der Waals surface area contributed by atoms with Crippen LogP contribution in [0.5, 0.6) is 0 Å². The number of hydrogen-bond donors (Lipinski definition) is 2. The molecule has 1 aliphatic carbocycles. The number of nitro benzene ring substituents is 1. The van der Waals surface area contributed by atoms with Crippen molar-refractivity contribution in [2.45, 2.75) is 23.8 Å². The SMILES string of the molecule is Cl.NC(CNS(=O)(=O)c1ccccc1[N+](=O)[O-])C1CC1. The molecule has 7 nitrogen and oxygen atoms in total. The molecule has 1 atom stereocenters. The fourth-order valence-corrected chi connectivity index (χ4v) is 3.05. The molecular formula is C11H16ClN3O4S. The van der Waals surface area contributed by atoms with E-state index in [0.29, 0.717) is 5.92 Å². The van der Waals surface area contributed by atoms with Crippen molar-refractivity contribution < 1.29 is 13.3 Å². The van der Waals surface area contributed by atoms with Gasteiger partial charge in [0, 0.05) is 18.7 Å². The van der Waals surface area contributed by atoms with E-state index in [1.807, 2.05) is 0 Å². The smallest absolute Gasteiger partial charge is 0.289 e. The van der Waals surface area contributed by atoms with Crippen LogP contribution in [0, 0.1) is 16.0 Å². The van der Waals surface area contributed by atoms with Crippen LogP contribution in [0.1, 0.15) is 12.8 Å². The van der Waals surface area contributed by atoms with E-state index >= 15 is 0 Å². The molecule has 1 aromatic carbocycles. The highest BCUT2D eigenvalue weighted by Gasteiger charge is 2.31. The molecular weight excluding hydrogens is 306 g/mol. The Morgan fingerprint density at radius 1 is 1.40 bits per heavy atom. The number of nitro groups is 1. The van der Waals surface area contributed by atoms with Crippen molar-refractivity contribution in [2.24, 2.45) is 11.7 Å². The molecule has 3 N–H and O–H groups in total. The van der Waals surface area contributed by atoms with Crippen LogP contribution in [0.3, 0.4) is 0 Å². The van der Waals surface area contributed by atoms with Crippen LogP contribution in [0.4, 0.5) is 5.69 Å². The fourth-order valence-electron chi connectivity index (χ4n) is 1.81. The summed E-state index contributed by atoms with van der Waals surface area (Å²) in [4.78, 5) is 9.77. The Hall–Kier alpha value is -1.22. The summed E-state index contributed by atoms with van der Waals surface area (Å²) in [6.45, 7) is 0.0963. The minimum Gasteiger partial charge on any atom is -0.326 e. The van der Waals surface area contributed by atoms with Crippen molar-refractivity contribution in [3.63, 3.8) is 0 Å². The Labute approximate surface area is 123 Å². The van der Waals surface area contributed by atoms with Crippen LogP contribution in [0.25, 0.3) is 0 Å². The lowest BCUT2D eigenvalue weighted by Gasteiger charge is -2.12. The maximum absolute atomic E-state index is 12.0. The first-order valence-corrected chi connectivity index (χ1v) is 7.39. The summed E-state index contributed by atoms with van der Waals surface area (Å²) in [7, 11) is -3.91. The summed E-state index contributed by atoms with van der Waals surface area (Å²) < 4.78 is 26.4. The predicted octanol–water partition coefficient (Wildman–Crippen LogP) is 1.03. The topological polar surface area (TPSA) is 115 Å². The van der Waals surface area contributed by atoms with Gasteiger partial charge < -0.3 is 5.73 Å². The fraction of sp³-hybridized carbons (Fsp3) is 0.455. The van der Waals surface area contributed by atoms with Gasteiger partial charge in [-0.1, -0.05) is 12.1 Å². The van der Waals surface area contributed by atoms with E-state index in [4.69, 9.17) is 5.73 Å². The quantitative estimate of drug-likeness (QED) is 0.599. The van der Waals surface area contributed by atoms with E-state index in [9.17, 15) is 18.5 Å². The number of para-hydroxylation sites is 1. The van der Waals surface area contributed by atoms with Gasteiger partial charge >= 0.3 is 0 Å². The first-order chi connectivity index (χ1) is 8.92. The molecule has 1 unspecified atom stereocenters. The summed E-state index contributed by atoms with van der Waals surface area (Å²) in [5.74, 6) is 0.355. The van der Waals surface area contributed by atoms with Gasteiger partial charge in [-0.15, -0.1) is 12.4 Å². The average Bonchev–Trinajstić information content (AvgIpc) is 3.20. The molecule has 2 rings (SSSR count). The predicted molar refractivity (Wildman–Crippen MR) is 76.2 cm³/mol. The third-order valence-corrected chi connectivity index (χ3v) is 4.56. The standard InChI is InChI=1S/C11H15N3O4S.ClH/c12-9(8-5-6-8)7-13-19(17,18)11-4-2-1-3-10(11)14(15)16;/h1-4,8-9,13H,5-7,12H2;1H. The highest BCUT2D eigenvalue weighted by atomic mass is 35.5. The largest absolute Gasteiger partial charge is 0.326 e. The number of nitrogens with one attached hydrogen (secondary N) is 1. The summed E-state index contributed by atoms with van der Waals surface area (Å²) in [5.41, 5.74) is 5.37. The lowest BCUT2D eigenvalue weighted by atomic mass is 10.2. The van der Waals surface area contributed by atoms with Crippen molar-refractivity contribution >= 4 is 28.1 Å². The molecule has 0 heterocycles. The van der Waals surface area contributed by atoms with Gasteiger partial charge in [0.25, 0.3) is 5.69 Å². The van der Waals surface area contributed by atoms with Gasteiger partial charge in [-0.05, 0) is 24.8 Å². The van der Waals surface area contributed by atoms with Gasteiger partial charge in [-0.25, -0.2) is 13.1 Å². The summed E-state index contributed by atoms with van der Waals surface area (Å²) in [5, 5.41) is 10.8. The summed E-state index contributed by atoms with van der Waals surface area (Å²) >= 11 is 0. The maximum atomic E-state index is 12.0. The molecule has 1 aliphatic rings. The Balaban J connectivity index is 0.00000200. The lowest BCUT2D eigenvalue weighted by Crippen LogP contribution is -2.38. The Morgan fingerprint density at radius 3 is 2.55 bits per heavy atom. The van der Waals surface area contributed by atoms with Crippen LogP contribution in [-0.2, 0) is 10.0 Å². The molecule has 9 heteroatoms. The first-order valence-electron chi connectivity index (χ1n) is 5.90. The molecule has 112 valence electrons. The summed E-state index contributed by atoms with van der Waals surface area (Å²) in [6, 6.07) is 5.01. The van der Waals surface area contributed by atoms with Gasteiger partial charge in [0.15, 0.2) is 4.90 Å². The molecule has 1 fully saturated rings. The van der Waals surface area contributed by atoms with Gasteiger partial charge in [0.2, 0.25) is 10.0 Å². The van der Waals surface area contributed by atoms with E-state index in [1.54, 1.807) is 0 Å². The minimum atomic E-state index is -3.91. The van der Waals surface area contributed by atoms with Gasteiger partial charge in [-0.2, -0.15) is 0 Å². The van der Waals surface area contributed by atoms with Crippen molar-refractivity contribution in [1.29, 1.82) is 0 Å². The zero-order chi connectivity index (χ0) is 14.0. The molecule has 0 aromatic heterocycles. The van der Waals surface area contributed by atoms with Crippen molar-refractivity contribution in [3.8, 4) is 0 Å². The van der Waals surface area contributed by atoms with Gasteiger partial charge in [0.05, 0.1) is 4.92 Å². The molecule has 0 radical (unpaired) electrons. The van der Waals surface area contributed by atoms with E-state index in [0.717, 1.165) is 18.9 Å². The number of halogens is 1. The number of nitrogens with two attached hydrogens (primary N) is 1. The maximum Gasteiger partial charge on any atom is 0.289 e. The van der Waals surface area contributed by atoms with E-state index in [-0.39, 0.29) is 29.9 Å².